The van der Waals surface area contributed by atoms with E-state index in [2.05, 4.69) is 0 Å². The Kier molecular flexibility index (Phi) is 5.19. The molecule has 3 aromatic rings. The molecular formula is C23H24O3P2. The Morgan fingerprint density at radius 3 is 1.71 bits per heavy atom. The van der Waals surface area contributed by atoms with E-state index < -0.39 is 25.8 Å². The van der Waals surface area contributed by atoms with Crippen molar-refractivity contribution in [2.75, 3.05) is 6.16 Å². The van der Waals surface area contributed by atoms with Gasteiger partial charge in [-0.15, -0.1) is 0 Å². The minimum absolute atomic E-state index is 0.173. The normalized spacial score (nSPS) is 27.6. The molecule has 1 saturated heterocycles. The Labute approximate surface area is 166 Å². The molecule has 5 heteroatoms. The topological polar surface area (TPSA) is 54.4 Å². The van der Waals surface area contributed by atoms with E-state index in [9.17, 15) is 14.2 Å². The molecule has 0 bridgehead atoms. The van der Waals surface area contributed by atoms with Crippen LogP contribution in [0.4, 0.5) is 0 Å². The molecule has 4 rings (SSSR count). The van der Waals surface area contributed by atoms with Crippen molar-refractivity contribution in [2.45, 2.75) is 18.4 Å². The van der Waals surface area contributed by atoms with E-state index in [1.807, 2.05) is 97.9 Å². The van der Waals surface area contributed by atoms with Crippen LogP contribution in [-0.4, -0.2) is 22.8 Å². The van der Waals surface area contributed by atoms with Gasteiger partial charge < -0.3 is 14.2 Å². The van der Waals surface area contributed by atoms with Crippen molar-refractivity contribution in [2.24, 2.45) is 5.92 Å². The van der Waals surface area contributed by atoms with Gasteiger partial charge in [0.05, 0.1) is 11.5 Å². The van der Waals surface area contributed by atoms with Gasteiger partial charge in [0.2, 0.25) is 0 Å². The summed E-state index contributed by atoms with van der Waals surface area (Å²) >= 11 is 0. The minimum atomic E-state index is -3.28. The monoisotopic (exact) mass is 410 g/mol. The first-order valence-corrected chi connectivity index (χ1v) is 13.2. The summed E-state index contributed by atoms with van der Waals surface area (Å²) in [7, 11) is -6.39. The van der Waals surface area contributed by atoms with Gasteiger partial charge in [-0.1, -0.05) is 97.9 Å². The smallest absolute Gasteiger partial charge is 0.153 e. The summed E-state index contributed by atoms with van der Waals surface area (Å²) < 4.78 is 29.3. The van der Waals surface area contributed by atoms with Crippen LogP contribution >= 0.6 is 14.3 Å². The molecule has 0 aliphatic carbocycles. The first-order valence-electron chi connectivity index (χ1n) is 9.51. The summed E-state index contributed by atoms with van der Waals surface area (Å²) in [5, 5.41) is 12.2. The van der Waals surface area contributed by atoms with Crippen LogP contribution in [0.25, 0.3) is 0 Å². The van der Waals surface area contributed by atoms with Gasteiger partial charge in [0, 0.05) is 22.1 Å². The third-order valence-electron chi connectivity index (χ3n) is 5.81. The Bertz CT molecular complexity index is 992. The second-order valence-corrected chi connectivity index (χ2v) is 13.8. The largest absolute Gasteiger partial charge is 0.392 e. The average molecular weight is 410 g/mol. The van der Waals surface area contributed by atoms with Gasteiger partial charge in [-0.25, -0.2) is 0 Å². The minimum Gasteiger partial charge on any atom is -0.392 e. The highest BCUT2D eigenvalue weighted by Gasteiger charge is 2.58. The maximum atomic E-state index is 14.9. The molecule has 1 fully saturated rings. The third-order valence-corrected chi connectivity index (χ3v) is 14.7. The lowest BCUT2D eigenvalue weighted by atomic mass is 10.1. The summed E-state index contributed by atoms with van der Waals surface area (Å²) in [6.45, 7) is 1.89. The van der Waals surface area contributed by atoms with E-state index in [0.29, 0.717) is 15.9 Å². The zero-order valence-corrected chi connectivity index (χ0v) is 17.5. The summed E-state index contributed by atoms with van der Waals surface area (Å²) in [6.07, 6.45) is -0.566. The Balaban J connectivity index is 2.00. The molecule has 3 aromatic carbocycles. The Morgan fingerprint density at radius 1 is 0.821 bits per heavy atom. The number of aliphatic hydroxyl groups excluding tert-OH is 1. The molecule has 28 heavy (non-hydrogen) atoms. The van der Waals surface area contributed by atoms with Crippen LogP contribution in [0.3, 0.4) is 0 Å². The van der Waals surface area contributed by atoms with E-state index in [4.69, 9.17) is 0 Å². The molecule has 0 amide bonds. The Hall–Kier alpha value is -1.92. The summed E-state index contributed by atoms with van der Waals surface area (Å²) in [4.78, 5) is 0. The molecule has 4 unspecified atom stereocenters. The molecule has 1 aliphatic heterocycles. The highest BCUT2D eigenvalue weighted by molar-refractivity contribution is 7.92. The van der Waals surface area contributed by atoms with E-state index >= 15 is 0 Å². The molecule has 144 valence electrons. The van der Waals surface area contributed by atoms with Crippen molar-refractivity contribution in [3.8, 4) is 0 Å². The van der Waals surface area contributed by atoms with E-state index in [1.54, 1.807) is 0 Å². The van der Waals surface area contributed by atoms with Crippen LogP contribution in [-0.2, 0) is 9.13 Å². The van der Waals surface area contributed by atoms with Gasteiger partial charge in [0.15, 0.2) is 7.14 Å². The van der Waals surface area contributed by atoms with E-state index in [-0.39, 0.29) is 12.1 Å². The van der Waals surface area contributed by atoms with E-state index in [1.165, 1.54) is 0 Å². The van der Waals surface area contributed by atoms with E-state index in [0.717, 1.165) is 0 Å². The van der Waals surface area contributed by atoms with Gasteiger partial charge in [-0.3, -0.25) is 0 Å². The van der Waals surface area contributed by atoms with Crippen LogP contribution in [0, 0.1) is 5.92 Å². The van der Waals surface area contributed by atoms with Gasteiger partial charge in [-0.2, -0.15) is 0 Å². The zero-order valence-electron chi connectivity index (χ0n) is 15.8. The summed E-state index contributed by atoms with van der Waals surface area (Å²) in [5.41, 5.74) is 0. The van der Waals surface area contributed by atoms with Gasteiger partial charge in [0.25, 0.3) is 0 Å². The van der Waals surface area contributed by atoms with Gasteiger partial charge >= 0.3 is 0 Å². The fraction of sp³-hybridized carbons (Fsp3) is 0.217. The highest BCUT2D eigenvalue weighted by Crippen LogP contribution is 2.72. The van der Waals surface area contributed by atoms with Crippen molar-refractivity contribution >= 4 is 30.2 Å². The molecule has 1 heterocycles. The Morgan fingerprint density at radius 2 is 1.25 bits per heavy atom. The van der Waals surface area contributed by atoms with Crippen molar-refractivity contribution in [1.82, 2.24) is 0 Å². The fourth-order valence-corrected chi connectivity index (χ4v) is 14.3. The molecule has 3 nitrogen and oxygen atoms in total. The maximum absolute atomic E-state index is 14.9. The lowest BCUT2D eigenvalue weighted by Crippen LogP contribution is -2.31. The summed E-state index contributed by atoms with van der Waals surface area (Å²) in [6, 6.07) is 28.0. The molecule has 0 spiro atoms. The number of aliphatic hydroxyl groups is 1. The number of hydrogen-bond acceptors (Lipinski definition) is 3. The standard InChI is InChI=1S/C23H24O3P2/c1-18-22(24)17-27(25,19-11-5-2-6-12-19)23(18)28(26,20-13-7-3-8-14-20)21-15-9-4-10-16-21/h2-16,18,22-24H,17H2,1H3. The summed E-state index contributed by atoms with van der Waals surface area (Å²) in [5.74, 6) is -0.336. The van der Waals surface area contributed by atoms with Crippen molar-refractivity contribution in [1.29, 1.82) is 0 Å². The lowest BCUT2D eigenvalue weighted by Gasteiger charge is -2.33. The van der Waals surface area contributed by atoms with Crippen LogP contribution in [0.5, 0.6) is 0 Å². The lowest BCUT2D eigenvalue weighted by molar-refractivity contribution is 0.155. The van der Waals surface area contributed by atoms with Crippen LogP contribution in [0.1, 0.15) is 6.92 Å². The molecular weight excluding hydrogens is 386 g/mol. The number of hydrogen-bond donors (Lipinski definition) is 1. The SMILES string of the molecule is CC1C(O)CP(=O)(c2ccccc2)C1P(=O)(c1ccccc1)c1ccccc1. The van der Waals surface area contributed by atoms with Crippen molar-refractivity contribution in [3.63, 3.8) is 0 Å². The molecule has 1 N–H and O–H groups in total. The first-order chi connectivity index (χ1) is 13.5. The zero-order chi connectivity index (χ0) is 19.8. The number of benzene rings is 3. The van der Waals surface area contributed by atoms with Crippen LogP contribution in [0.2, 0.25) is 0 Å². The third kappa shape index (κ3) is 3.03. The second-order valence-electron chi connectivity index (χ2n) is 7.48. The van der Waals surface area contributed by atoms with Gasteiger partial charge in [-0.05, 0) is 5.92 Å². The quantitative estimate of drug-likeness (QED) is 0.661. The molecule has 0 saturated carbocycles. The molecule has 1 aliphatic rings. The average Bonchev–Trinajstić information content (AvgIpc) is 2.99. The maximum Gasteiger partial charge on any atom is 0.153 e. The van der Waals surface area contributed by atoms with Crippen molar-refractivity contribution < 1.29 is 14.2 Å². The van der Waals surface area contributed by atoms with Crippen molar-refractivity contribution in [3.05, 3.63) is 91.0 Å². The highest BCUT2D eigenvalue weighted by atomic mass is 31.2. The number of rotatable bonds is 4. The molecule has 4 atom stereocenters. The molecule has 0 radical (unpaired) electrons. The first kappa shape index (κ1) is 19.4. The molecule has 0 aromatic heterocycles. The fourth-order valence-electron chi connectivity index (χ4n) is 4.42. The van der Waals surface area contributed by atoms with Crippen LogP contribution in [0.15, 0.2) is 91.0 Å². The van der Waals surface area contributed by atoms with Crippen LogP contribution < -0.4 is 15.9 Å². The van der Waals surface area contributed by atoms with Gasteiger partial charge in [0.1, 0.15) is 7.14 Å². The predicted octanol–water partition coefficient (Wildman–Crippen LogP) is 4.03. The second kappa shape index (κ2) is 7.48. The predicted molar refractivity (Wildman–Crippen MR) is 117 cm³/mol.